The van der Waals surface area contributed by atoms with Crippen LogP contribution in [0.2, 0.25) is 0 Å². The molecule has 1 aromatic carbocycles. The Bertz CT molecular complexity index is 1070. The van der Waals surface area contributed by atoms with Crippen LogP contribution in [0, 0.1) is 11.3 Å². The summed E-state index contributed by atoms with van der Waals surface area (Å²) in [6.07, 6.45) is 8.87. The van der Waals surface area contributed by atoms with Crippen LogP contribution < -0.4 is 15.5 Å². The van der Waals surface area contributed by atoms with E-state index in [1.807, 2.05) is 24.3 Å². The Labute approximate surface area is 202 Å². The molecule has 0 unspecified atom stereocenters. The fourth-order valence-electron chi connectivity index (χ4n) is 4.34. The van der Waals surface area contributed by atoms with E-state index < -0.39 is 0 Å². The number of halogens is 1. The van der Waals surface area contributed by atoms with Crippen LogP contribution in [0.3, 0.4) is 0 Å². The zero-order valence-electron chi connectivity index (χ0n) is 19.9. The molecule has 174 valence electrons. The maximum Gasteiger partial charge on any atom is 0.147 e. The van der Waals surface area contributed by atoms with Gasteiger partial charge in [0.05, 0.1) is 11.2 Å². The largest absolute Gasteiger partial charge is 0.370 e. The van der Waals surface area contributed by atoms with Gasteiger partial charge in [0.1, 0.15) is 17.5 Å². The molecule has 0 saturated carbocycles. The molecular formula is C27H34ClN5. The Morgan fingerprint density at radius 2 is 2.03 bits per heavy atom. The Hall–Kier alpha value is -2.81. The zero-order valence-corrected chi connectivity index (χ0v) is 20.6. The van der Waals surface area contributed by atoms with Crippen LogP contribution in [0.4, 0.5) is 11.5 Å². The van der Waals surface area contributed by atoms with Crippen molar-refractivity contribution in [1.82, 2.24) is 10.3 Å². The lowest BCUT2D eigenvalue weighted by Gasteiger charge is -2.36. The molecule has 0 radical (unpaired) electrons. The van der Waals surface area contributed by atoms with Crippen molar-refractivity contribution >= 4 is 34.0 Å². The topological polar surface area (TPSA) is 64.0 Å². The summed E-state index contributed by atoms with van der Waals surface area (Å²) in [7, 11) is 0. The fraction of sp³-hybridized carbons (Fsp3) is 0.407. The highest BCUT2D eigenvalue weighted by Crippen LogP contribution is 2.35. The molecule has 2 aromatic rings. The van der Waals surface area contributed by atoms with Gasteiger partial charge in [0, 0.05) is 42.1 Å². The van der Waals surface area contributed by atoms with Crippen molar-refractivity contribution in [2.75, 3.05) is 29.9 Å². The number of allylic oxidation sites excluding steroid dienone is 3. The maximum absolute atomic E-state index is 10.2. The van der Waals surface area contributed by atoms with Gasteiger partial charge >= 0.3 is 0 Å². The Balaban J connectivity index is 1.93. The van der Waals surface area contributed by atoms with Gasteiger partial charge in [-0.15, -0.1) is 0 Å². The molecule has 0 bridgehead atoms. The molecule has 5 nitrogen and oxygen atoms in total. The van der Waals surface area contributed by atoms with Crippen molar-refractivity contribution in [3.05, 3.63) is 65.2 Å². The third-order valence-electron chi connectivity index (χ3n) is 5.76. The minimum Gasteiger partial charge on any atom is -0.370 e. The second kappa shape index (κ2) is 11.9. The van der Waals surface area contributed by atoms with Crippen LogP contribution in [0.15, 0.2) is 59.7 Å². The SMILES string of the molecule is C=C(Cl)/C=C\C(=C/CC)CNc1nc2ccccc2c(N2CCC(NC(C)C)CC2)c1C#N. The number of hydrogen-bond donors (Lipinski definition) is 2. The Morgan fingerprint density at radius 1 is 1.30 bits per heavy atom. The maximum atomic E-state index is 10.2. The number of piperidine rings is 1. The van der Waals surface area contributed by atoms with Crippen molar-refractivity contribution in [2.24, 2.45) is 0 Å². The molecule has 1 fully saturated rings. The van der Waals surface area contributed by atoms with Gasteiger partial charge in [-0.3, -0.25) is 0 Å². The van der Waals surface area contributed by atoms with E-state index in [-0.39, 0.29) is 0 Å². The van der Waals surface area contributed by atoms with Crippen molar-refractivity contribution in [1.29, 1.82) is 5.26 Å². The van der Waals surface area contributed by atoms with Crippen LogP contribution in [0.25, 0.3) is 10.9 Å². The first-order valence-corrected chi connectivity index (χ1v) is 12.1. The molecule has 0 spiro atoms. The number of pyridine rings is 1. The van der Waals surface area contributed by atoms with E-state index in [0.717, 1.165) is 54.5 Å². The van der Waals surface area contributed by atoms with E-state index in [4.69, 9.17) is 16.6 Å². The molecule has 1 aliphatic heterocycles. The first-order chi connectivity index (χ1) is 15.9. The Morgan fingerprint density at radius 3 is 2.67 bits per heavy atom. The lowest BCUT2D eigenvalue weighted by molar-refractivity contribution is 0.387. The number of rotatable bonds is 9. The summed E-state index contributed by atoms with van der Waals surface area (Å²) in [4.78, 5) is 7.17. The van der Waals surface area contributed by atoms with Crippen molar-refractivity contribution in [2.45, 2.75) is 52.1 Å². The molecule has 1 saturated heterocycles. The minimum atomic E-state index is 0.476. The van der Waals surface area contributed by atoms with Gasteiger partial charge in [-0.1, -0.05) is 69.3 Å². The summed E-state index contributed by atoms with van der Waals surface area (Å²) in [6.45, 7) is 12.6. The summed E-state index contributed by atoms with van der Waals surface area (Å²) < 4.78 is 0. The van der Waals surface area contributed by atoms with Crippen LogP contribution >= 0.6 is 11.6 Å². The monoisotopic (exact) mass is 463 g/mol. The number of hydrogen-bond acceptors (Lipinski definition) is 5. The van der Waals surface area contributed by atoms with Gasteiger partial charge in [-0.2, -0.15) is 5.26 Å². The van der Waals surface area contributed by atoms with Gasteiger partial charge in [0.15, 0.2) is 0 Å². The normalized spacial score (nSPS) is 15.4. The molecule has 33 heavy (non-hydrogen) atoms. The van der Waals surface area contributed by atoms with Crippen LogP contribution in [0.5, 0.6) is 0 Å². The number of aromatic nitrogens is 1. The van der Waals surface area contributed by atoms with E-state index in [0.29, 0.717) is 35.0 Å². The highest BCUT2D eigenvalue weighted by molar-refractivity contribution is 6.30. The number of nitriles is 1. The van der Waals surface area contributed by atoms with Gasteiger partial charge in [-0.05, 0) is 37.0 Å². The molecule has 0 atom stereocenters. The molecule has 1 aromatic heterocycles. The number of anilines is 2. The van der Waals surface area contributed by atoms with E-state index >= 15 is 0 Å². The van der Waals surface area contributed by atoms with Crippen molar-refractivity contribution in [3.8, 4) is 6.07 Å². The lowest BCUT2D eigenvalue weighted by atomic mass is 10.0. The second-order valence-electron chi connectivity index (χ2n) is 8.72. The van der Waals surface area contributed by atoms with Gasteiger partial charge < -0.3 is 15.5 Å². The first-order valence-electron chi connectivity index (χ1n) is 11.7. The molecule has 3 rings (SSSR count). The van der Waals surface area contributed by atoms with E-state index in [1.54, 1.807) is 6.08 Å². The number of nitrogens with one attached hydrogen (secondary N) is 2. The van der Waals surface area contributed by atoms with Gasteiger partial charge in [0.25, 0.3) is 0 Å². The number of benzene rings is 1. The third-order valence-corrected chi connectivity index (χ3v) is 5.89. The van der Waals surface area contributed by atoms with Crippen molar-refractivity contribution < 1.29 is 0 Å². The summed E-state index contributed by atoms with van der Waals surface area (Å²) in [6, 6.07) is 11.5. The zero-order chi connectivity index (χ0) is 23.8. The molecule has 2 N–H and O–H groups in total. The highest BCUT2D eigenvalue weighted by atomic mass is 35.5. The average molecular weight is 464 g/mol. The van der Waals surface area contributed by atoms with E-state index in [9.17, 15) is 5.26 Å². The molecular weight excluding hydrogens is 430 g/mol. The lowest BCUT2D eigenvalue weighted by Crippen LogP contribution is -2.45. The molecule has 1 aliphatic rings. The van der Waals surface area contributed by atoms with Crippen molar-refractivity contribution in [3.63, 3.8) is 0 Å². The van der Waals surface area contributed by atoms with E-state index in [2.05, 4.69) is 61.1 Å². The summed E-state index contributed by atoms with van der Waals surface area (Å²) in [5.41, 5.74) is 3.55. The molecule has 0 amide bonds. The fourth-order valence-corrected chi connectivity index (χ4v) is 4.41. The predicted octanol–water partition coefficient (Wildman–Crippen LogP) is 6.13. The summed E-state index contributed by atoms with van der Waals surface area (Å²) in [5, 5.41) is 18.8. The first kappa shape index (κ1) is 24.8. The molecule has 0 aliphatic carbocycles. The number of para-hydroxylation sites is 1. The van der Waals surface area contributed by atoms with Crippen LogP contribution in [-0.2, 0) is 0 Å². The van der Waals surface area contributed by atoms with Crippen LogP contribution in [-0.4, -0.2) is 36.7 Å². The standard InChI is InChI=1S/C27H34ClN5/c1-5-8-21(12-11-20(4)28)18-30-27-24(17-29)26(23-9-6-7-10-25(23)32-27)33-15-13-22(14-16-33)31-19(2)3/h6-12,19,22,31H,4-5,13-16,18H2,1-3H3,(H,30,32)/b12-11-,21-8+. The highest BCUT2D eigenvalue weighted by Gasteiger charge is 2.25. The number of nitrogens with zero attached hydrogens (tertiary/aromatic N) is 3. The third kappa shape index (κ3) is 6.60. The second-order valence-corrected chi connectivity index (χ2v) is 9.20. The smallest absolute Gasteiger partial charge is 0.147 e. The van der Waals surface area contributed by atoms with E-state index in [1.165, 1.54) is 0 Å². The quantitative estimate of drug-likeness (QED) is 0.438. The summed E-state index contributed by atoms with van der Waals surface area (Å²) >= 11 is 5.90. The summed E-state index contributed by atoms with van der Waals surface area (Å²) in [5.74, 6) is 0.619. The van der Waals surface area contributed by atoms with Gasteiger partial charge in [-0.25, -0.2) is 4.98 Å². The number of fused-ring (bicyclic) bond motifs is 1. The predicted molar refractivity (Wildman–Crippen MR) is 141 cm³/mol. The minimum absolute atomic E-state index is 0.476. The molecule has 2 heterocycles. The average Bonchev–Trinajstić information content (AvgIpc) is 2.80. The van der Waals surface area contributed by atoms with Gasteiger partial charge in [0.2, 0.25) is 0 Å². The van der Waals surface area contributed by atoms with Crippen LogP contribution in [0.1, 0.15) is 45.6 Å². The Kier molecular flexibility index (Phi) is 8.94. The molecule has 6 heteroatoms.